The quantitative estimate of drug-likeness (QED) is 0.465. The second-order valence-corrected chi connectivity index (χ2v) is 4.49. The van der Waals surface area contributed by atoms with Crippen LogP contribution in [0.15, 0.2) is 24.3 Å². The summed E-state index contributed by atoms with van der Waals surface area (Å²) in [6.07, 6.45) is 5.52. The number of allylic oxidation sites excluding steroid dienone is 1. The van der Waals surface area contributed by atoms with Crippen molar-refractivity contribution >= 4 is 17.2 Å². The van der Waals surface area contributed by atoms with Crippen molar-refractivity contribution in [3.63, 3.8) is 0 Å². The molecule has 1 aliphatic heterocycles. The summed E-state index contributed by atoms with van der Waals surface area (Å²) < 4.78 is 0. The minimum absolute atomic E-state index is 0.381. The Labute approximate surface area is 85.1 Å². The highest BCUT2D eigenvalue weighted by atomic mass is 32.1. The molecule has 1 aliphatic carbocycles. The van der Waals surface area contributed by atoms with Gasteiger partial charge < -0.3 is 4.90 Å². The Hall–Kier alpha value is -0.630. The van der Waals surface area contributed by atoms with Crippen LogP contribution in [0.25, 0.3) is 0 Å². The summed E-state index contributed by atoms with van der Waals surface area (Å²) in [6.45, 7) is 8.52. The molecular weight excluding hydrogens is 178 g/mol. The van der Waals surface area contributed by atoms with Crippen LogP contribution in [0.2, 0.25) is 0 Å². The Morgan fingerprint density at radius 1 is 1.62 bits per heavy atom. The second-order valence-electron chi connectivity index (χ2n) is 4.08. The molecule has 1 saturated heterocycles. The maximum Gasteiger partial charge on any atom is 0.0865 e. The molecule has 2 bridgehead atoms. The molecule has 0 aromatic carbocycles. The van der Waals surface area contributed by atoms with E-state index in [-0.39, 0.29) is 0 Å². The fourth-order valence-corrected chi connectivity index (χ4v) is 2.82. The molecule has 70 valence electrons. The molecule has 1 fully saturated rings. The lowest BCUT2D eigenvalue weighted by Gasteiger charge is -2.28. The van der Waals surface area contributed by atoms with Crippen LogP contribution in [-0.4, -0.2) is 22.0 Å². The van der Waals surface area contributed by atoms with Crippen molar-refractivity contribution in [2.75, 3.05) is 0 Å². The van der Waals surface area contributed by atoms with Gasteiger partial charge in [0.05, 0.1) is 11.0 Å². The third-order valence-electron chi connectivity index (χ3n) is 2.93. The van der Waals surface area contributed by atoms with E-state index in [1.54, 1.807) is 0 Å². The van der Waals surface area contributed by atoms with Crippen molar-refractivity contribution in [3.8, 4) is 0 Å². The summed E-state index contributed by atoms with van der Waals surface area (Å²) in [6, 6.07) is 0.869. The monoisotopic (exact) mass is 193 g/mol. The van der Waals surface area contributed by atoms with Crippen LogP contribution in [0.1, 0.15) is 20.3 Å². The molecule has 0 aromatic heterocycles. The molecule has 0 amide bonds. The van der Waals surface area contributed by atoms with E-state index in [2.05, 4.69) is 37.5 Å². The van der Waals surface area contributed by atoms with E-state index in [0.29, 0.717) is 18.0 Å². The predicted molar refractivity (Wildman–Crippen MR) is 59.7 cm³/mol. The molecule has 13 heavy (non-hydrogen) atoms. The first-order valence-electron chi connectivity index (χ1n) is 4.80. The fraction of sp³-hybridized carbons (Fsp3) is 0.545. The Balaban J connectivity index is 2.38. The van der Waals surface area contributed by atoms with Crippen molar-refractivity contribution in [3.05, 3.63) is 24.3 Å². The molecule has 0 N–H and O–H groups in total. The van der Waals surface area contributed by atoms with E-state index in [1.807, 2.05) is 0 Å². The summed E-state index contributed by atoms with van der Waals surface area (Å²) >= 11 is 5.46. The highest BCUT2D eigenvalue weighted by Crippen LogP contribution is 2.38. The molecule has 0 aromatic rings. The molecule has 0 saturated carbocycles. The third kappa shape index (κ3) is 1.16. The number of rotatable bonds is 1. The Morgan fingerprint density at radius 2 is 2.31 bits per heavy atom. The smallest absolute Gasteiger partial charge is 0.0865 e. The second kappa shape index (κ2) is 2.95. The van der Waals surface area contributed by atoms with Crippen molar-refractivity contribution in [2.45, 2.75) is 32.4 Å². The van der Waals surface area contributed by atoms with Gasteiger partial charge in [-0.2, -0.15) is 0 Å². The maximum atomic E-state index is 5.46. The average molecular weight is 193 g/mol. The minimum Gasteiger partial charge on any atom is -0.353 e. The van der Waals surface area contributed by atoms with E-state index in [1.165, 1.54) is 5.57 Å². The largest absolute Gasteiger partial charge is 0.353 e. The summed E-state index contributed by atoms with van der Waals surface area (Å²) in [4.78, 5) is 3.40. The van der Waals surface area contributed by atoms with E-state index >= 15 is 0 Å². The van der Waals surface area contributed by atoms with Gasteiger partial charge in [-0.3, -0.25) is 0 Å². The van der Waals surface area contributed by atoms with Crippen molar-refractivity contribution < 1.29 is 0 Å². The number of hydrogen-bond donors (Lipinski definition) is 0. The zero-order chi connectivity index (χ0) is 9.59. The van der Waals surface area contributed by atoms with Gasteiger partial charge in [0, 0.05) is 12.0 Å². The number of thiocarbonyl (C=S) groups is 1. The van der Waals surface area contributed by atoms with Crippen LogP contribution in [0.3, 0.4) is 0 Å². The number of hydrogen-bond acceptors (Lipinski definition) is 1. The van der Waals surface area contributed by atoms with Gasteiger partial charge in [-0.05, 0) is 25.8 Å². The van der Waals surface area contributed by atoms with Crippen LogP contribution < -0.4 is 0 Å². The normalized spacial score (nSPS) is 32.1. The van der Waals surface area contributed by atoms with Gasteiger partial charge in [0.2, 0.25) is 0 Å². The first-order chi connectivity index (χ1) is 6.13. The molecule has 2 rings (SSSR count). The molecule has 0 spiro atoms. The molecule has 2 aliphatic rings. The summed E-state index contributed by atoms with van der Waals surface area (Å²) in [5, 5.41) is 0. The van der Waals surface area contributed by atoms with Gasteiger partial charge in [0.1, 0.15) is 0 Å². The van der Waals surface area contributed by atoms with E-state index in [9.17, 15) is 0 Å². The number of likely N-dealkylation sites (tertiary alicyclic amines) is 1. The van der Waals surface area contributed by atoms with Crippen LogP contribution in [0.5, 0.6) is 0 Å². The standard InChI is InChI=1S/C11H15NS/c1-7(2)12-10-6-4-5-9(8(10)3)11(12)13/h4,6-7,9-10H,3,5H2,1-2H3/t9-,10+/m1/s1. The van der Waals surface area contributed by atoms with Gasteiger partial charge in [-0.25, -0.2) is 0 Å². The minimum atomic E-state index is 0.381. The van der Waals surface area contributed by atoms with Gasteiger partial charge in [-0.1, -0.05) is 30.9 Å². The van der Waals surface area contributed by atoms with Crippen molar-refractivity contribution in [1.29, 1.82) is 0 Å². The van der Waals surface area contributed by atoms with E-state index < -0.39 is 0 Å². The van der Waals surface area contributed by atoms with Crippen LogP contribution in [-0.2, 0) is 0 Å². The zero-order valence-electron chi connectivity index (χ0n) is 8.16. The molecular formula is C11H15NS. The molecule has 0 unspecified atom stereocenters. The Kier molecular flexibility index (Phi) is 2.03. The van der Waals surface area contributed by atoms with Gasteiger partial charge >= 0.3 is 0 Å². The van der Waals surface area contributed by atoms with Crippen molar-refractivity contribution in [2.24, 2.45) is 5.92 Å². The maximum absolute atomic E-state index is 5.46. The van der Waals surface area contributed by atoms with Crippen LogP contribution in [0.4, 0.5) is 0 Å². The summed E-state index contributed by atoms with van der Waals surface area (Å²) in [7, 11) is 0. The van der Waals surface area contributed by atoms with Crippen molar-refractivity contribution in [1.82, 2.24) is 4.90 Å². The SMILES string of the molecule is C=C1[C@H]2CC=C[C@@H]1N(C(C)C)C2=S. The molecule has 1 nitrogen and oxygen atoms in total. The zero-order valence-corrected chi connectivity index (χ0v) is 8.97. The first-order valence-corrected chi connectivity index (χ1v) is 5.21. The molecule has 0 radical (unpaired) electrons. The molecule has 2 heteroatoms. The predicted octanol–water partition coefficient (Wildman–Crippen LogP) is 2.54. The lowest BCUT2D eigenvalue weighted by molar-refractivity contribution is 0.350. The Bertz CT molecular complexity index is 290. The Morgan fingerprint density at radius 3 is 2.85 bits per heavy atom. The number of nitrogens with zero attached hydrogens (tertiary/aromatic N) is 1. The summed E-state index contributed by atoms with van der Waals surface area (Å²) in [5.74, 6) is 0.437. The van der Waals surface area contributed by atoms with Crippen LogP contribution >= 0.6 is 12.2 Å². The average Bonchev–Trinajstić information content (AvgIpc) is 2.24. The van der Waals surface area contributed by atoms with Gasteiger partial charge in [0.25, 0.3) is 0 Å². The van der Waals surface area contributed by atoms with Gasteiger partial charge in [0.15, 0.2) is 0 Å². The fourth-order valence-electron chi connectivity index (χ4n) is 2.25. The van der Waals surface area contributed by atoms with E-state index in [4.69, 9.17) is 12.2 Å². The lowest BCUT2D eigenvalue weighted by atomic mass is 9.91. The van der Waals surface area contributed by atoms with Crippen LogP contribution in [0, 0.1) is 5.92 Å². The highest BCUT2D eigenvalue weighted by molar-refractivity contribution is 7.80. The summed E-state index contributed by atoms with van der Waals surface area (Å²) in [5.41, 5.74) is 1.29. The molecule has 2 atom stereocenters. The van der Waals surface area contributed by atoms with E-state index in [0.717, 1.165) is 11.4 Å². The lowest BCUT2D eigenvalue weighted by Crippen LogP contribution is -2.37. The molecule has 1 heterocycles. The third-order valence-corrected chi connectivity index (χ3v) is 3.42. The topological polar surface area (TPSA) is 3.24 Å². The van der Waals surface area contributed by atoms with Gasteiger partial charge in [-0.15, -0.1) is 0 Å². The highest BCUT2D eigenvalue weighted by Gasteiger charge is 2.40. The first kappa shape index (κ1) is 8.95. The number of fused-ring (bicyclic) bond motifs is 2.